The summed E-state index contributed by atoms with van der Waals surface area (Å²) in [5.74, 6) is -6.90. The molecule has 1 saturated carbocycles. The molecule has 0 bridgehead atoms. The lowest BCUT2D eigenvalue weighted by molar-refractivity contribution is -0.153. The number of nitrogens with one attached hydrogen (secondary N) is 1. The number of hydrogen-bond donors (Lipinski definition) is 6. The lowest BCUT2D eigenvalue weighted by atomic mass is 9.57. The van der Waals surface area contributed by atoms with Crippen LogP contribution in [0.3, 0.4) is 0 Å². The molecule has 1 heterocycles. The van der Waals surface area contributed by atoms with Crippen molar-refractivity contribution in [3.05, 3.63) is 75.3 Å². The van der Waals surface area contributed by atoms with Crippen LogP contribution in [0.15, 0.2) is 47.5 Å². The molecule has 3 aliphatic rings. The van der Waals surface area contributed by atoms with Crippen molar-refractivity contribution in [1.82, 2.24) is 15.2 Å². The first kappa shape index (κ1) is 35.7. The Labute approximate surface area is 285 Å². The van der Waals surface area contributed by atoms with Crippen LogP contribution in [0.4, 0.5) is 0 Å². The van der Waals surface area contributed by atoms with E-state index in [2.05, 4.69) is 24.1 Å². The van der Waals surface area contributed by atoms with Gasteiger partial charge in [0, 0.05) is 36.0 Å². The maximum absolute atomic E-state index is 14.3. The van der Waals surface area contributed by atoms with E-state index in [0.29, 0.717) is 29.0 Å². The number of aryl methyl sites for hydroxylation is 1. The third-order valence-electron chi connectivity index (χ3n) is 10.5. The minimum atomic E-state index is -2.72. The van der Waals surface area contributed by atoms with Gasteiger partial charge in [-0.25, -0.2) is 0 Å². The highest BCUT2D eigenvalue weighted by Gasteiger charge is 2.64. The van der Waals surface area contributed by atoms with Crippen LogP contribution in [-0.4, -0.2) is 79.4 Å². The number of hydrogen-bond acceptors (Lipinski definition) is 10. The number of aromatic nitrogens is 1. The highest BCUT2D eigenvalue weighted by Crippen LogP contribution is 2.53. The maximum atomic E-state index is 14.3. The van der Waals surface area contributed by atoms with E-state index in [1.807, 2.05) is 6.07 Å². The van der Waals surface area contributed by atoms with E-state index in [9.17, 15) is 39.6 Å². The topological polar surface area (TPSA) is 203 Å². The summed E-state index contributed by atoms with van der Waals surface area (Å²) < 4.78 is 0. The van der Waals surface area contributed by atoms with Crippen LogP contribution in [0.1, 0.15) is 85.0 Å². The van der Waals surface area contributed by atoms with Gasteiger partial charge in [0.2, 0.25) is 5.78 Å². The maximum Gasteiger partial charge on any atom is 0.255 e. The molecule has 3 aliphatic carbocycles. The fourth-order valence-corrected chi connectivity index (χ4v) is 8.19. The van der Waals surface area contributed by atoms with Crippen molar-refractivity contribution in [2.45, 2.75) is 83.4 Å². The van der Waals surface area contributed by atoms with Crippen LogP contribution in [0, 0.1) is 17.8 Å². The van der Waals surface area contributed by atoms with Gasteiger partial charge in [0.05, 0.1) is 17.2 Å². The molecular weight excluding hydrogens is 628 g/mol. The SMILES string of the molecule is CCCC(CCC)CCc1cc(CNC(=O)c2cccnc2)c(O)c2c1C[C@H]1C[C@H]3[C@H](N(C)C)C(=O)C(C(N)=O)=C(O)[C@@]3(O)C(=O)C1=C2O. The Balaban J connectivity index is 1.63. The molecule has 1 aromatic carbocycles. The number of carbonyl (C=O) groups is 4. The Morgan fingerprint density at radius 1 is 1.10 bits per heavy atom. The highest BCUT2D eigenvalue weighted by atomic mass is 16.3. The number of phenols is 1. The van der Waals surface area contributed by atoms with Crippen LogP contribution >= 0.6 is 0 Å². The standard InChI is InChI=1S/C37H46N4O8/c1-5-8-19(9-6-2)11-12-20-14-23(18-40-36(48)21-10-7-13-39-17-21)30(42)27-24(20)15-22-16-25-29(41(3)4)32(44)28(35(38)47)34(46)37(25,49)33(45)26(22)31(27)43/h7,10,13-14,17,19,22,25,29,42-43,46,49H,5-6,8-9,11-12,15-16,18H2,1-4H3,(H2,38,47)(H,40,48)/t22-,25-,29-,37-/m0/s1. The fraction of sp³-hybridized carbons (Fsp3) is 0.486. The second-order valence-corrected chi connectivity index (χ2v) is 13.8. The number of fused-ring (bicyclic) bond motifs is 3. The van der Waals surface area contributed by atoms with Crippen LogP contribution in [0.5, 0.6) is 5.75 Å². The van der Waals surface area contributed by atoms with Gasteiger partial charge in [0.25, 0.3) is 11.8 Å². The summed E-state index contributed by atoms with van der Waals surface area (Å²) in [7, 11) is 3.14. The lowest BCUT2D eigenvalue weighted by Gasteiger charge is -2.50. The van der Waals surface area contributed by atoms with Crippen molar-refractivity contribution in [2.75, 3.05) is 14.1 Å². The van der Waals surface area contributed by atoms with E-state index in [-0.39, 0.29) is 36.3 Å². The zero-order valence-electron chi connectivity index (χ0n) is 28.5. The van der Waals surface area contributed by atoms with Crippen molar-refractivity contribution >= 4 is 29.1 Å². The van der Waals surface area contributed by atoms with E-state index in [1.54, 1.807) is 32.4 Å². The number of nitrogens with two attached hydrogens (primary N) is 1. The van der Waals surface area contributed by atoms with Crippen LogP contribution < -0.4 is 11.1 Å². The number of Topliss-reactive ketones (excluding diaryl/α,β-unsaturated/α-hetero) is 2. The first-order chi connectivity index (χ1) is 23.3. The quantitative estimate of drug-likeness (QED) is 0.181. The van der Waals surface area contributed by atoms with Gasteiger partial charge in [-0.2, -0.15) is 0 Å². The number of amides is 2. The number of pyridine rings is 1. The molecule has 0 radical (unpaired) electrons. The molecule has 12 nitrogen and oxygen atoms in total. The van der Waals surface area contributed by atoms with E-state index in [4.69, 9.17) is 5.73 Å². The summed E-state index contributed by atoms with van der Waals surface area (Å²) in [6.45, 7) is 4.21. The van der Waals surface area contributed by atoms with E-state index >= 15 is 0 Å². The average Bonchev–Trinajstić information content (AvgIpc) is 3.05. The Morgan fingerprint density at radius 2 is 1.80 bits per heavy atom. The highest BCUT2D eigenvalue weighted by molar-refractivity contribution is 6.24. The van der Waals surface area contributed by atoms with Crippen LogP contribution in [-0.2, 0) is 33.8 Å². The summed E-state index contributed by atoms with van der Waals surface area (Å²) >= 11 is 0. The van der Waals surface area contributed by atoms with Gasteiger partial charge in [-0.05, 0) is 74.9 Å². The molecule has 262 valence electrons. The molecule has 0 aliphatic heterocycles. The zero-order valence-corrected chi connectivity index (χ0v) is 28.5. The van der Waals surface area contributed by atoms with Crippen LogP contribution in [0.2, 0.25) is 0 Å². The molecular formula is C37H46N4O8. The van der Waals surface area contributed by atoms with Crippen LogP contribution in [0.25, 0.3) is 5.76 Å². The zero-order chi connectivity index (χ0) is 35.8. The number of carbonyl (C=O) groups excluding carboxylic acids is 4. The predicted octanol–water partition coefficient (Wildman–Crippen LogP) is 3.44. The van der Waals surface area contributed by atoms with Gasteiger partial charge in [-0.15, -0.1) is 0 Å². The summed E-state index contributed by atoms with van der Waals surface area (Å²) in [4.78, 5) is 58.4. The summed E-state index contributed by atoms with van der Waals surface area (Å²) in [5, 5.41) is 49.4. The molecule has 12 heteroatoms. The van der Waals surface area contributed by atoms with E-state index in [1.165, 1.54) is 11.1 Å². The second kappa shape index (κ2) is 14.1. The predicted molar refractivity (Wildman–Crippen MR) is 181 cm³/mol. The molecule has 7 N–H and O–H groups in total. The minimum absolute atomic E-state index is 0.0170. The number of nitrogens with zero attached hydrogens (tertiary/aromatic N) is 2. The molecule has 4 atom stereocenters. The Kier molecular flexibility index (Phi) is 10.3. The molecule has 0 saturated heterocycles. The van der Waals surface area contributed by atoms with Crippen molar-refractivity contribution in [1.29, 1.82) is 0 Å². The number of aliphatic hydroxyl groups excluding tert-OH is 2. The Hall–Kier alpha value is -4.55. The van der Waals surface area contributed by atoms with Gasteiger partial charge in [0.1, 0.15) is 22.8 Å². The third-order valence-corrected chi connectivity index (χ3v) is 10.5. The number of aliphatic hydroxyl groups is 3. The Morgan fingerprint density at radius 3 is 2.39 bits per heavy atom. The molecule has 2 amide bonds. The summed E-state index contributed by atoms with van der Waals surface area (Å²) in [6, 6.07) is 3.93. The summed E-state index contributed by atoms with van der Waals surface area (Å²) in [6.07, 6.45) is 8.87. The molecule has 5 rings (SSSR count). The van der Waals surface area contributed by atoms with Gasteiger partial charge in [-0.1, -0.05) is 45.6 Å². The number of likely N-dealkylation sites (N-methyl/N-ethyl adjacent to an activating group) is 1. The monoisotopic (exact) mass is 674 g/mol. The van der Waals surface area contributed by atoms with E-state index in [0.717, 1.165) is 37.7 Å². The number of primary amides is 1. The summed E-state index contributed by atoms with van der Waals surface area (Å²) in [5.41, 5.74) is 3.86. The molecule has 0 spiro atoms. The lowest BCUT2D eigenvalue weighted by Crippen LogP contribution is -2.65. The molecule has 49 heavy (non-hydrogen) atoms. The first-order valence-electron chi connectivity index (χ1n) is 17.0. The number of rotatable bonds is 12. The smallest absolute Gasteiger partial charge is 0.255 e. The van der Waals surface area contributed by atoms with Gasteiger partial charge < -0.3 is 31.5 Å². The van der Waals surface area contributed by atoms with E-state index < -0.39 is 64.0 Å². The van der Waals surface area contributed by atoms with Crippen molar-refractivity contribution in [3.63, 3.8) is 0 Å². The second-order valence-electron chi connectivity index (χ2n) is 13.8. The molecule has 1 aromatic heterocycles. The van der Waals surface area contributed by atoms with Crippen molar-refractivity contribution in [2.24, 2.45) is 23.5 Å². The van der Waals surface area contributed by atoms with Gasteiger partial charge >= 0.3 is 0 Å². The number of ketones is 2. The number of phenolic OH excluding ortho intramolecular Hbond substituents is 1. The third kappa shape index (κ3) is 6.23. The number of benzene rings is 1. The van der Waals surface area contributed by atoms with Gasteiger partial charge in [-0.3, -0.25) is 29.1 Å². The Bertz CT molecular complexity index is 1730. The molecule has 2 aromatic rings. The molecule has 1 fully saturated rings. The largest absolute Gasteiger partial charge is 0.508 e. The normalized spacial score (nSPS) is 23.4. The van der Waals surface area contributed by atoms with Gasteiger partial charge in [0.15, 0.2) is 11.4 Å². The van der Waals surface area contributed by atoms with Crippen molar-refractivity contribution < 1.29 is 39.6 Å². The first-order valence-corrected chi connectivity index (χ1v) is 17.0. The van der Waals surface area contributed by atoms with Crippen molar-refractivity contribution in [3.8, 4) is 5.75 Å². The molecule has 0 unspecified atom stereocenters. The minimum Gasteiger partial charge on any atom is -0.508 e. The number of aromatic hydroxyl groups is 1. The average molecular weight is 675 g/mol. The fourth-order valence-electron chi connectivity index (χ4n) is 8.19.